The van der Waals surface area contributed by atoms with Gasteiger partial charge in [0.2, 0.25) is 0 Å². The van der Waals surface area contributed by atoms with Gasteiger partial charge in [-0.15, -0.1) is 0 Å². The Labute approximate surface area is 122 Å². The third kappa shape index (κ3) is 6.42. The standard InChI is InChI=1S/C16H28O4/c1-6-7-8-9-10-13-14(11-12(2)18-13)19-15(17)20-16(3,4)5/h7-8,12-14H,6,9-11H2,1-5H3/t12-,13+,14+/m1/s1. The van der Waals surface area contributed by atoms with Crippen LogP contribution in [0.4, 0.5) is 4.79 Å². The molecule has 1 aliphatic heterocycles. The quantitative estimate of drug-likeness (QED) is 0.560. The lowest BCUT2D eigenvalue weighted by molar-refractivity contribution is -0.0484. The van der Waals surface area contributed by atoms with E-state index >= 15 is 0 Å². The minimum Gasteiger partial charge on any atom is -0.429 e. The predicted molar refractivity (Wildman–Crippen MR) is 78.7 cm³/mol. The van der Waals surface area contributed by atoms with Gasteiger partial charge in [-0.1, -0.05) is 19.1 Å². The molecule has 0 saturated carbocycles. The van der Waals surface area contributed by atoms with Crippen LogP contribution >= 0.6 is 0 Å². The molecule has 20 heavy (non-hydrogen) atoms. The van der Waals surface area contributed by atoms with Gasteiger partial charge in [-0.05, 0) is 47.0 Å². The van der Waals surface area contributed by atoms with Crippen molar-refractivity contribution in [3.63, 3.8) is 0 Å². The summed E-state index contributed by atoms with van der Waals surface area (Å²) in [6, 6.07) is 0. The molecule has 4 nitrogen and oxygen atoms in total. The van der Waals surface area contributed by atoms with Gasteiger partial charge < -0.3 is 14.2 Å². The Morgan fingerprint density at radius 2 is 2.05 bits per heavy atom. The zero-order chi connectivity index (χ0) is 15.2. The van der Waals surface area contributed by atoms with Crippen LogP contribution in [-0.2, 0) is 14.2 Å². The second-order valence-corrected chi connectivity index (χ2v) is 6.30. The van der Waals surface area contributed by atoms with Crippen molar-refractivity contribution < 1.29 is 19.0 Å². The van der Waals surface area contributed by atoms with Gasteiger partial charge in [0.15, 0.2) is 0 Å². The van der Waals surface area contributed by atoms with Crippen LogP contribution in [0.25, 0.3) is 0 Å². The molecule has 116 valence electrons. The van der Waals surface area contributed by atoms with Crippen molar-refractivity contribution in [2.45, 2.75) is 84.2 Å². The third-order valence-electron chi connectivity index (χ3n) is 3.04. The van der Waals surface area contributed by atoms with Crippen molar-refractivity contribution >= 4 is 6.16 Å². The van der Waals surface area contributed by atoms with Gasteiger partial charge in [0.25, 0.3) is 0 Å². The van der Waals surface area contributed by atoms with E-state index in [1.807, 2.05) is 27.7 Å². The maximum Gasteiger partial charge on any atom is 0.509 e. The molecule has 1 heterocycles. The molecule has 0 aromatic rings. The minimum atomic E-state index is -0.602. The molecule has 0 spiro atoms. The second kappa shape index (κ2) is 7.67. The average Bonchev–Trinajstić information content (AvgIpc) is 2.62. The zero-order valence-electron chi connectivity index (χ0n) is 13.3. The van der Waals surface area contributed by atoms with Crippen molar-refractivity contribution in [2.24, 2.45) is 0 Å². The first-order valence-corrected chi connectivity index (χ1v) is 7.52. The Bertz CT molecular complexity index is 330. The lowest BCUT2D eigenvalue weighted by Gasteiger charge is -2.22. The minimum absolute atomic E-state index is 0.0287. The van der Waals surface area contributed by atoms with Crippen LogP contribution in [0.2, 0.25) is 0 Å². The van der Waals surface area contributed by atoms with Gasteiger partial charge >= 0.3 is 6.16 Å². The summed E-state index contributed by atoms with van der Waals surface area (Å²) in [6.45, 7) is 9.60. The monoisotopic (exact) mass is 284 g/mol. The first-order chi connectivity index (χ1) is 9.31. The van der Waals surface area contributed by atoms with Crippen LogP contribution in [-0.4, -0.2) is 30.1 Å². The predicted octanol–water partition coefficient (Wildman–Crippen LogP) is 4.23. The second-order valence-electron chi connectivity index (χ2n) is 6.30. The Balaban J connectivity index is 2.45. The van der Waals surface area contributed by atoms with E-state index in [1.54, 1.807) is 0 Å². The summed E-state index contributed by atoms with van der Waals surface area (Å²) in [7, 11) is 0. The number of rotatable bonds is 5. The van der Waals surface area contributed by atoms with Crippen LogP contribution in [0.3, 0.4) is 0 Å². The lowest BCUT2D eigenvalue weighted by Crippen LogP contribution is -2.31. The summed E-state index contributed by atoms with van der Waals surface area (Å²) in [4.78, 5) is 11.7. The van der Waals surface area contributed by atoms with Crippen molar-refractivity contribution in [1.29, 1.82) is 0 Å². The summed E-state index contributed by atoms with van der Waals surface area (Å²) in [5.74, 6) is 0. The molecule has 0 aliphatic carbocycles. The number of carbonyl (C=O) groups is 1. The first kappa shape index (κ1) is 17.0. The van der Waals surface area contributed by atoms with Crippen molar-refractivity contribution in [3.05, 3.63) is 12.2 Å². The fourth-order valence-electron chi connectivity index (χ4n) is 2.24. The fourth-order valence-corrected chi connectivity index (χ4v) is 2.24. The van der Waals surface area contributed by atoms with Gasteiger partial charge in [-0.2, -0.15) is 0 Å². The van der Waals surface area contributed by atoms with E-state index in [0.29, 0.717) is 0 Å². The summed E-state index contributed by atoms with van der Waals surface area (Å²) in [5, 5.41) is 0. The van der Waals surface area contributed by atoms with Crippen molar-refractivity contribution in [3.8, 4) is 0 Å². The highest BCUT2D eigenvalue weighted by atomic mass is 16.7. The van der Waals surface area contributed by atoms with Gasteiger partial charge in [0.1, 0.15) is 11.7 Å². The molecule has 0 N–H and O–H groups in total. The highest BCUT2D eigenvalue weighted by molar-refractivity contribution is 5.60. The van der Waals surface area contributed by atoms with Crippen molar-refractivity contribution in [1.82, 2.24) is 0 Å². The fraction of sp³-hybridized carbons (Fsp3) is 0.812. The molecule has 0 bridgehead atoms. The highest BCUT2D eigenvalue weighted by Crippen LogP contribution is 2.27. The number of allylic oxidation sites excluding steroid dienone is 2. The number of carbonyl (C=O) groups excluding carboxylic acids is 1. The van der Waals surface area contributed by atoms with E-state index in [9.17, 15) is 4.79 Å². The molecule has 1 aliphatic rings. The molecule has 1 fully saturated rings. The lowest BCUT2D eigenvalue weighted by atomic mass is 10.1. The Morgan fingerprint density at radius 3 is 2.65 bits per heavy atom. The van der Waals surface area contributed by atoms with E-state index in [2.05, 4.69) is 19.1 Å². The Hall–Kier alpha value is -1.03. The SMILES string of the molecule is CCC=CCC[C@@H]1O[C@H](C)C[C@@H]1OC(=O)OC(C)(C)C. The molecule has 0 aromatic carbocycles. The molecule has 0 aromatic heterocycles. The number of hydrogen-bond acceptors (Lipinski definition) is 4. The highest BCUT2D eigenvalue weighted by Gasteiger charge is 2.36. The molecular formula is C16H28O4. The summed E-state index contributed by atoms with van der Waals surface area (Å²) >= 11 is 0. The van der Waals surface area contributed by atoms with Gasteiger partial charge in [0, 0.05) is 6.42 Å². The Morgan fingerprint density at radius 1 is 1.35 bits per heavy atom. The topological polar surface area (TPSA) is 44.8 Å². The molecule has 0 unspecified atom stereocenters. The number of ether oxygens (including phenoxy) is 3. The third-order valence-corrected chi connectivity index (χ3v) is 3.04. The summed E-state index contributed by atoms with van der Waals surface area (Å²) < 4.78 is 16.4. The molecule has 1 rings (SSSR count). The van der Waals surface area contributed by atoms with Crippen LogP contribution in [0.1, 0.15) is 60.3 Å². The molecule has 3 atom stereocenters. The van der Waals surface area contributed by atoms with Crippen LogP contribution in [0, 0.1) is 0 Å². The smallest absolute Gasteiger partial charge is 0.429 e. The van der Waals surface area contributed by atoms with E-state index in [0.717, 1.165) is 25.7 Å². The van der Waals surface area contributed by atoms with Crippen molar-refractivity contribution in [2.75, 3.05) is 0 Å². The summed E-state index contributed by atoms with van der Waals surface area (Å²) in [6.07, 6.45) is 7.18. The van der Waals surface area contributed by atoms with Crippen LogP contribution in [0.5, 0.6) is 0 Å². The molecule has 0 amide bonds. The maximum absolute atomic E-state index is 11.7. The largest absolute Gasteiger partial charge is 0.509 e. The molecule has 4 heteroatoms. The van der Waals surface area contributed by atoms with Gasteiger partial charge in [0.05, 0.1) is 12.2 Å². The number of hydrogen-bond donors (Lipinski definition) is 0. The first-order valence-electron chi connectivity index (χ1n) is 7.52. The van der Waals surface area contributed by atoms with Gasteiger partial charge in [-0.25, -0.2) is 4.79 Å². The maximum atomic E-state index is 11.7. The summed E-state index contributed by atoms with van der Waals surface area (Å²) in [5.41, 5.74) is -0.526. The molecule has 0 radical (unpaired) electrons. The average molecular weight is 284 g/mol. The van der Waals surface area contributed by atoms with E-state index in [4.69, 9.17) is 14.2 Å². The van der Waals surface area contributed by atoms with Crippen LogP contribution in [0.15, 0.2) is 12.2 Å². The molecular weight excluding hydrogens is 256 g/mol. The zero-order valence-corrected chi connectivity index (χ0v) is 13.3. The van der Waals surface area contributed by atoms with E-state index < -0.39 is 11.8 Å². The Kier molecular flexibility index (Phi) is 6.53. The van der Waals surface area contributed by atoms with Gasteiger partial charge in [-0.3, -0.25) is 0 Å². The van der Waals surface area contributed by atoms with E-state index in [-0.39, 0.29) is 18.3 Å². The normalized spacial score (nSPS) is 26.9. The van der Waals surface area contributed by atoms with Crippen LogP contribution < -0.4 is 0 Å². The van der Waals surface area contributed by atoms with E-state index in [1.165, 1.54) is 0 Å². The molecule has 1 saturated heterocycles.